The zero-order valence-corrected chi connectivity index (χ0v) is 8.24. The van der Waals surface area contributed by atoms with Gasteiger partial charge in [0.1, 0.15) is 3.23 Å². The molecule has 0 aromatic heterocycles. The van der Waals surface area contributed by atoms with Gasteiger partial charge in [0.15, 0.2) is 0 Å². The number of allylic oxidation sites excluding steroid dienone is 4. The quantitative estimate of drug-likeness (QED) is 0.580. The van der Waals surface area contributed by atoms with E-state index in [0.717, 1.165) is 0 Å². The second-order valence-electron chi connectivity index (χ2n) is 2.09. The van der Waals surface area contributed by atoms with Gasteiger partial charge in [-0.1, -0.05) is 55.7 Å². The summed E-state index contributed by atoms with van der Waals surface area (Å²) in [4.78, 5) is 0. The van der Waals surface area contributed by atoms with Gasteiger partial charge in [0, 0.05) is 6.42 Å². The second-order valence-corrected chi connectivity index (χ2v) is 5.78. The molecule has 0 aliphatic heterocycles. The van der Waals surface area contributed by atoms with E-state index in [2.05, 4.69) is 51.3 Å². The van der Waals surface area contributed by atoms with Crippen molar-refractivity contribution in [3.8, 4) is 0 Å². The van der Waals surface area contributed by atoms with Crippen LogP contribution in [0.25, 0.3) is 0 Å². The lowest BCUT2D eigenvalue weighted by Gasteiger charge is -2.15. The van der Waals surface area contributed by atoms with Crippen molar-refractivity contribution in [1.29, 1.82) is 0 Å². The third-order valence-electron chi connectivity index (χ3n) is 1.10. The minimum Gasteiger partial charge on any atom is -0.0779 e. The largest absolute Gasteiger partial charge is 0.117 e. The Labute approximate surface area is 72.3 Å². The highest BCUT2D eigenvalue weighted by molar-refractivity contribution is 9.25. The Balaban J connectivity index is 2.78. The van der Waals surface area contributed by atoms with Crippen LogP contribution in [0.1, 0.15) is 6.92 Å². The molecule has 0 N–H and O–H groups in total. The van der Waals surface area contributed by atoms with E-state index in [-0.39, 0.29) is 3.23 Å². The molecule has 0 nitrogen and oxygen atoms in total. The Kier molecular flexibility index (Phi) is 2.17. The molecular weight excluding hydrogens is 244 g/mol. The molecule has 0 aromatic carbocycles. The molecule has 0 aromatic rings. The van der Waals surface area contributed by atoms with E-state index in [1.807, 2.05) is 12.2 Å². The summed E-state index contributed by atoms with van der Waals surface area (Å²) in [7, 11) is 0. The Morgan fingerprint density at radius 2 is 2.11 bits per heavy atom. The summed E-state index contributed by atoms with van der Waals surface area (Å²) in [6.07, 6.45) is 8.24. The van der Waals surface area contributed by atoms with Gasteiger partial charge < -0.3 is 0 Å². The lowest BCUT2D eigenvalue weighted by Crippen LogP contribution is -2.06. The predicted octanol–water partition coefficient (Wildman–Crippen LogP) is 3.19. The summed E-state index contributed by atoms with van der Waals surface area (Å²) in [6, 6.07) is 0. The first-order valence-corrected chi connectivity index (χ1v) is 4.29. The van der Waals surface area contributed by atoms with Gasteiger partial charge in [0.2, 0.25) is 0 Å². The Morgan fingerprint density at radius 3 is 2.44 bits per heavy atom. The van der Waals surface area contributed by atoms with Crippen LogP contribution in [0.4, 0.5) is 0 Å². The van der Waals surface area contributed by atoms with Crippen molar-refractivity contribution in [3.63, 3.8) is 0 Å². The molecule has 2 heteroatoms. The van der Waals surface area contributed by atoms with Crippen molar-refractivity contribution in [3.05, 3.63) is 30.2 Å². The molecule has 0 saturated heterocycles. The van der Waals surface area contributed by atoms with Gasteiger partial charge in [-0.3, -0.25) is 0 Å². The van der Waals surface area contributed by atoms with Crippen LogP contribution >= 0.6 is 31.9 Å². The van der Waals surface area contributed by atoms with E-state index < -0.39 is 0 Å². The third kappa shape index (κ3) is 2.26. The Morgan fingerprint density at radius 1 is 1.44 bits per heavy atom. The number of hydrogen-bond donors (Lipinski definition) is 0. The minimum atomic E-state index is -0.0984. The molecule has 0 heterocycles. The van der Waals surface area contributed by atoms with E-state index in [4.69, 9.17) is 0 Å². The number of hydrogen-bond acceptors (Lipinski definition) is 0. The van der Waals surface area contributed by atoms with Crippen LogP contribution in [0.15, 0.2) is 23.8 Å². The molecule has 1 aliphatic carbocycles. The van der Waals surface area contributed by atoms with E-state index in [1.54, 1.807) is 0 Å². The second kappa shape index (κ2) is 2.59. The molecular formula is C7H7Br2. The lowest BCUT2D eigenvalue weighted by atomic mass is 10.1. The van der Waals surface area contributed by atoms with Crippen molar-refractivity contribution in [2.24, 2.45) is 0 Å². The predicted molar refractivity (Wildman–Crippen MR) is 47.8 cm³/mol. The topological polar surface area (TPSA) is 0 Å². The normalized spacial score (nSPS) is 23.7. The summed E-state index contributed by atoms with van der Waals surface area (Å²) in [5.74, 6) is 0. The van der Waals surface area contributed by atoms with E-state index in [1.165, 1.54) is 5.57 Å². The van der Waals surface area contributed by atoms with Crippen LogP contribution in [0, 0.1) is 6.42 Å². The maximum Gasteiger partial charge on any atom is 0.117 e. The summed E-state index contributed by atoms with van der Waals surface area (Å²) in [5, 5.41) is 0. The van der Waals surface area contributed by atoms with E-state index >= 15 is 0 Å². The monoisotopic (exact) mass is 249 g/mol. The molecule has 0 amide bonds. The van der Waals surface area contributed by atoms with Crippen LogP contribution in [0.2, 0.25) is 0 Å². The minimum absolute atomic E-state index is 0.0984. The number of alkyl halides is 2. The number of halogens is 2. The molecule has 0 bridgehead atoms. The van der Waals surface area contributed by atoms with Crippen molar-refractivity contribution in [2.45, 2.75) is 10.2 Å². The highest BCUT2D eigenvalue weighted by atomic mass is 79.9. The standard InChI is InChI=1S/C7H7Br2/c1-6-3-2-4-7(8,9)5-6/h2-5H,1H3. The van der Waals surface area contributed by atoms with E-state index in [9.17, 15) is 0 Å². The van der Waals surface area contributed by atoms with Crippen LogP contribution in [0.5, 0.6) is 0 Å². The van der Waals surface area contributed by atoms with Crippen LogP contribution in [-0.4, -0.2) is 3.23 Å². The number of rotatable bonds is 0. The fourth-order valence-corrected chi connectivity index (χ4v) is 1.76. The zero-order chi connectivity index (χ0) is 6.91. The maximum absolute atomic E-state index is 3.47. The Hall–Kier alpha value is 0.440. The molecule has 1 radical (unpaired) electrons. The smallest absolute Gasteiger partial charge is 0.0779 e. The molecule has 49 valence electrons. The third-order valence-corrected chi connectivity index (χ3v) is 2.08. The highest BCUT2D eigenvalue weighted by Crippen LogP contribution is 2.33. The maximum atomic E-state index is 3.47. The lowest BCUT2D eigenvalue weighted by molar-refractivity contribution is 1.24. The van der Waals surface area contributed by atoms with Crippen molar-refractivity contribution >= 4 is 31.9 Å². The molecule has 0 unspecified atom stereocenters. The van der Waals surface area contributed by atoms with Gasteiger partial charge in [-0.2, -0.15) is 0 Å². The molecule has 9 heavy (non-hydrogen) atoms. The van der Waals surface area contributed by atoms with Gasteiger partial charge in [0.05, 0.1) is 0 Å². The van der Waals surface area contributed by atoms with Crippen LogP contribution in [0.3, 0.4) is 0 Å². The molecule has 0 atom stereocenters. The van der Waals surface area contributed by atoms with Crippen molar-refractivity contribution in [2.75, 3.05) is 0 Å². The Bertz CT molecular complexity index is 166. The summed E-state index contributed by atoms with van der Waals surface area (Å²) < 4.78 is -0.0984. The molecule has 0 saturated carbocycles. The molecule has 1 rings (SSSR count). The van der Waals surface area contributed by atoms with Gasteiger partial charge in [-0.15, -0.1) is 0 Å². The molecule has 0 spiro atoms. The van der Waals surface area contributed by atoms with Crippen molar-refractivity contribution in [1.82, 2.24) is 0 Å². The molecule has 0 fully saturated rings. The molecule has 1 aliphatic rings. The summed E-state index contributed by atoms with van der Waals surface area (Å²) in [6.45, 7) is 2.07. The van der Waals surface area contributed by atoms with Crippen LogP contribution in [-0.2, 0) is 0 Å². The average Bonchev–Trinajstić information content (AvgIpc) is 1.60. The summed E-state index contributed by atoms with van der Waals surface area (Å²) >= 11 is 6.93. The van der Waals surface area contributed by atoms with Gasteiger partial charge in [-0.05, 0) is 6.92 Å². The SMILES string of the molecule is CC1=CC(Br)(Br)C=C[CH]1. The summed E-state index contributed by atoms with van der Waals surface area (Å²) in [5.41, 5.74) is 1.27. The van der Waals surface area contributed by atoms with E-state index in [0.29, 0.717) is 0 Å². The van der Waals surface area contributed by atoms with Gasteiger partial charge >= 0.3 is 0 Å². The first-order valence-electron chi connectivity index (χ1n) is 2.70. The first-order chi connectivity index (χ1) is 4.10. The average molecular weight is 251 g/mol. The van der Waals surface area contributed by atoms with Crippen LogP contribution < -0.4 is 0 Å². The fraction of sp³-hybridized carbons (Fsp3) is 0.286. The van der Waals surface area contributed by atoms with Gasteiger partial charge in [-0.25, -0.2) is 0 Å². The zero-order valence-electron chi connectivity index (χ0n) is 5.07. The van der Waals surface area contributed by atoms with Crippen molar-refractivity contribution < 1.29 is 0 Å². The first kappa shape index (κ1) is 7.55. The van der Waals surface area contributed by atoms with Gasteiger partial charge in [0.25, 0.3) is 0 Å². The fourth-order valence-electron chi connectivity index (χ4n) is 0.728. The highest BCUT2D eigenvalue weighted by Gasteiger charge is 2.17.